The number of benzene rings is 1. The lowest BCUT2D eigenvalue weighted by Crippen LogP contribution is -2.47. The highest BCUT2D eigenvalue weighted by molar-refractivity contribution is 5.92. The van der Waals surface area contributed by atoms with Crippen molar-refractivity contribution in [2.45, 2.75) is 20.3 Å². The first-order valence-corrected chi connectivity index (χ1v) is 5.86. The number of nitrogens with zero attached hydrogens (tertiary/aromatic N) is 3. The quantitative estimate of drug-likeness (QED) is 0.721. The molecule has 1 aliphatic heterocycles. The summed E-state index contributed by atoms with van der Waals surface area (Å²) in [6.45, 7) is 5.32. The van der Waals surface area contributed by atoms with E-state index < -0.39 is 0 Å². The molecule has 90 valence electrons. The van der Waals surface area contributed by atoms with Gasteiger partial charge in [-0.05, 0) is 32.4 Å². The highest BCUT2D eigenvalue weighted by Gasteiger charge is 2.26. The third-order valence-corrected chi connectivity index (χ3v) is 2.80. The van der Waals surface area contributed by atoms with Crippen LogP contribution in [0, 0.1) is 6.92 Å². The van der Waals surface area contributed by atoms with E-state index in [2.05, 4.69) is 5.10 Å². The molecular weight excluding hydrogens is 214 g/mol. The van der Waals surface area contributed by atoms with E-state index in [1.54, 1.807) is 11.1 Å². The third-order valence-electron chi connectivity index (χ3n) is 2.80. The average molecular weight is 231 g/mol. The smallest absolute Gasteiger partial charge is 0.293 e. The van der Waals surface area contributed by atoms with Crippen molar-refractivity contribution in [3.8, 4) is 0 Å². The van der Waals surface area contributed by atoms with E-state index >= 15 is 0 Å². The molecule has 4 heteroatoms. The largest absolute Gasteiger partial charge is 0.344 e. The molecule has 1 saturated heterocycles. The Kier molecular flexibility index (Phi) is 3.42. The molecule has 0 spiro atoms. The number of anilines is 1. The Hall–Kier alpha value is -1.84. The Labute approximate surface area is 102 Å². The number of carbonyl (C=O) groups is 1. The lowest BCUT2D eigenvalue weighted by Gasteiger charge is -2.32. The first-order chi connectivity index (χ1) is 8.22. The fourth-order valence-electron chi connectivity index (χ4n) is 1.92. The summed E-state index contributed by atoms with van der Waals surface area (Å²) in [4.78, 5) is 13.9. The maximum atomic E-state index is 12.1. The van der Waals surface area contributed by atoms with E-state index in [0.717, 1.165) is 18.7 Å². The molecule has 4 nitrogen and oxygen atoms in total. The minimum atomic E-state index is -0.0433. The zero-order chi connectivity index (χ0) is 12.3. The maximum absolute atomic E-state index is 12.1. The van der Waals surface area contributed by atoms with Gasteiger partial charge < -0.3 is 0 Å². The van der Waals surface area contributed by atoms with Crippen LogP contribution in [0.2, 0.25) is 0 Å². The van der Waals surface area contributed by atoms with E-state index in [4.69, 9.17) is 0 Å². The van der Waals surface area contributed by atoms with Crippen LogP contribution < -0.4 is 4.90 Å². The second kappa shape index (κ2) is 4.99. The number of hydrogen-bond donors (Lipinski definition) is 0. The van der Waals surface area contributed by atoms with Crippen LogP contribution in [0.25, 0.3) is 0 Å². The first-order valence-electron chi connectivity index (χ1n) is 5.86. The van der Waals surface area contributed by atoms with E-state index in [1.807, 2.05) is 38.1 Å². The molecule has 0 N–H and O–H groups in total. The fraction of sp³-hybridized carbons (Fsp3) is 0.385. The van der Waals surface area contributed by atoms with Gasteiger partial charge in [-0.1, -0.05) is 17.7 Å². The topological polar surface area (TPSA) is 35.9 Å². The Morgan fingerprint density at radius 3 is 2.59 bits per heavy atom. The number of rotatable bonds is 2. The predicted molar refractivity (Wildman–Crippen MR) is 69.4 cm³/mol. The molecule has 1 aromatic rings. The molecule has 0 saturated carbocycles. The van der Waals surface area contributed by atoms with Crippen molar-refractivity contribution in [3.05, 3.63) is 29.8 Å². The second-order valence-corrected chi connectivity index (χ2v) is 4.12. The molecule has 1 heterocycles. The summed E-state index contributed by atoms with van der Waals surface area (Å²) in [5, 5.41) is 5.59. The van der Waals surface area contributed by atoms with Crippen LogP contribution in [0.3, 0.4) is 0 Å². The minimum Gasteiger partial charge on any atom is -0.293 e. The normalized spacial score (nSPS) is 16.9. The fourth-order valence-corrected chi connectivity index (χ4v) is 1.92. The van der Waals surface area contributed by atoms with Crippen LogP contribution in [0.1, 0.15) is 18.9 Å². The van der Waals surface area contributed by atoms with Gasteiger partial charge in [-0.15, -0.1) is 0 Å². The Morgan fingerprint density at radius 1 is 1.24 bits per heavy atom. The molecule has 1 fully saturated rings. The summed E-state index contributed by atoms with van der Waals surface area (Å²) in [7, 11) is 0. The van der Waals surface area contributed by atoms with Gasteiger partial charge in [0.1, 0.15) is 0 Å². The molecule has 0 unspecified atom stereocenters. The molecular formula is C13H17N3O. The lowest BCUT2D eigenvalue weighted by molar-refractivity contribution is 0.198. The second-order valence-electron chi connectivity index (χ2n) is 4.12. The van der Waals surface area contributed by atoms with Gasteiger partial charge in [0.2, 0.25) is 0 Å². The number of hydrogen-bond acceptors (Lipinski definition) is 2. The van der Waals surface area contributed by atoms with Gasteiger partial charge in [0.05, 0.1) is 0 Å². The molecule has 0 atom stereocenters. The monoisotopic (exact) mass is 231 g/mol. The molecule has 0 bridgehead atoms. The highest BCUT2D eigenvalue weighted by Crippen LogP contribution is 2.20. The zero-order valence-corrected chi connectivity index (χ0v) is 10.3. The first kappa shape index (κ1) is 11.6. The van der Waals surface area contributed by atoms with Crippen LogP contribution in [0.5, 0.6) is 0 Å². The van der Waals surface area contributed by atoms with Gasteiger partial charge in [0.25, 0.3) is 0 Å². The van der Waals surface area contributed by atoms with Gasteiger partial charge in [-0.25, -0.2) is 9.80 Å². The van der Waals surface area contributed by atoms with Crippen molar-refractivity contribution in [1.82, 2.24) is 5.01 Å². The van der Waals surface area contributed by atoms with Gasteiger partial charge in [-0.2, -0.15) is 5.10 Å². The van der Waals surface area contributed by atoms with Gasteiger partial charge in [0, 0.05) is 25.0 Å². The van der Waals surface area contributed by atoms with Crippen LogP contribution in [0.15, 0.2) is 29.4 Å². The molecule has 0 radical (unpaired) electrons. The third kappa shape index (κ3) is 2.46. The van der Waals surface area contributed by atoms with Gasteiger partial charge in [-0.3, -0.25) is 4.90 Å². The zero-order valence-electron chi connectivity index (χ0n) is 10.3. The SMILES string of the molecule is C/C=N\N1CCCN(c2ccc(C)cc2)C1=O. The lowest BCUT2D eigenvalue weighted by atomic mass is 10.2. The van der Waals surface area contributed by atoms with Crippen LogP contribution in [-0.2, 0) is 0 Å². The number of urea groups is 1. The summed E-state index contributed by atoms with van der Waals surface area (Å²) in [6, 6.07) is 7.95. The van der Waals surface area contributed by atoms with Crippen molar-refractivity contribution in [2.75, 3.05) is 18.0 Å². The van der Waals surface area contributed by atoms with Crippen molar-refractivity contribution in [1.29, 1.82) is 0 Å². The number of amides is 2. The van der Waals surface area contributed by atoms with Crippen molar-refractivity contribution in [2.24, 2.45) is 5.10 Å². The molecule has 1 aromatic carbocycles. The van der Waals surface area contributed by atoms with Gasteiger partial charge >= 0.3 is 6.03 Å². The number of carbonyl (C=O) groups excluding carboxylic acids is 1. The molecule has 2 rings (SSSR count). The summed E-state index contributed by atoms with van der Waals surface area (Å²) in [5.41, 5.74) is 2.14. The Morgan fingerprint density at radius 2 is 1.94 bits per heavy atom. The molecule has 1 aliphatic rings. The average Bonchev–Trinajstić information content (AvgIpc) is 2.34. The number of hydrazone groups is 1. The van der Waals surface area contributed by atoms with E-state index in [-0.39, 0.29) is 6.03 Å². The molecule has 2 amide bonds. The Bertz CT molecular complexity index is 425. The molecule has 0 aromatic heterocycles. The van der Waals surface area contributed by atoms with E-state index in [0.29, 0.717) is 6.54 Å². The highest BCUT2D eigenvalue weighted by atomic mass is 16.2. The number of aryl methyl sites for hydroxylation is 1. The standard InChI is InChI=1S/C13H17N3O/c1-3-14-16-10-4-9-15(13(16)17)12-7-5-11(2)6-8-12/h3,5-8H,4,9-10H2,1-2H3/b14-3-. The van der Waals surface area contributed by atoms with Gasteiger partial charge in [0.15, 0.2) is 0 Å². The molecule has 0 aliphatic carbocycles. The van der Waals surface area contributed by atoms with E-state index in [9.17, 15) is 4.79 Å². The van der Waals surface area contributed by atoms with Crippen LogP contribution in [0.4, 0.5) is 10.5 Å². The van der Waals surface area contributed by atoms with Crippen LogP contribution >= 0.6 is 0 Å². The minimum absolute atomic E-state index is 0.0433. The van der Waals surface area contributed by atoms with Crippen molar-refractivity contribution < 1.29 is 4.79 Å². The summed E-state index contributed by atoms with van der Waals surface area (Å²) >= 11 is 0. The summed E-state index contributed by atoms with van der Waals surface area (Å²) in [5.74, 6) is 0. The summed E-state index contributed by atoms with van der Waals surface area (Å²) < 4.78 is 0. The predicted octanol–water partition coefficient (Wildman–Crippen LogP) is 2.63. The van der Waals surface area contributed by atoms with E-state index in [1.165, 1.54) is 10.6 Å². The van der Waals surface area contributed by atoms with Crippen LogP contribution in [-0.4, -0.2) is 30.3 Å². The Balaban J connectivity index is 2.20. The van der Waals surface area contributed by atoms with Crippen molar-refractivity contribution >= 4 is 17.9 Å². The maximum Gasteiger partial charge on any atom is 0.344 e. The van der Waals surface area contributed by atoms with Crippen molar-refractivity contribution in [3.63, 3.8) is 0 Å². The summed E-state index contributed by atoms with van der Waals surface area (Å²) in [6.07, 6.45) is 2.59. The molecule has 17 heavy (non-hydrogen) atoms.